The highest BCUT2D eigenvalue weighted by Gasteiger charge is 2.04. The molecular formula is C18H14N2O2. The minimum atomic E-state index is -0.148. The van der Waals surface area contributed by atoms with Crippen LogP contribution in [0.25, 0.3) is 0 Å². The molecule has 1 heterocycles. The zero-order valence-corrected chi connectivity index (χ0v) is 12.2. The van der Waals surface area contributed by atoms with E-state index >= 15 is 0 Å². The van der Waals surface area contributed by atoms with E-state index in [1.54, 1.807) is 0 Å². The van der Waals surface area contributed by atoms with E-state index in [9.17, 15) is 4.79 Å². The first-order valence-corrected chi connectivity index (χ1v) is 6.55. The van der Waals surface area contributed by atoms with Crippen molar-refractivity contribution in [2.75, 3.05) is 26.3 Å². The number of hydrogen-bond donors (Lipinski definition) is 1. The molecule has 0 spiro atoms. The van der Waals surface area contributed by atoms with Crippen LogP contribution in [0.3, 0.4) is 0 Å². The van der Waals surface area contributed by atoms with Crippen LogP contribution in [0.15, 0.2) is 12.3 Å². The summed E-state index contributed by atoms with van der Waals surface area (Å²) in [5, 5.41) is 2.46. The van der Waals surface area contributed by atoms with Crippen LogP contribution in [0.5, 0.6) is 0 Å². The predicted octanol–water partition coefficient (Wildman–Crippen LogP) is -0.0571. The summed E-state index contributed by atoms with van der Waals surface area (Å²) >= 11 is 0. The molecule has 1 aliphatic heterocycles. The molecule has 1 fully saturated rings. The van der Waals surface area contributed by atoms with Crippen LogP contribution in [-0.2, 0) is 9.53 Å². The largest absolute Gasteiger partial charge is 0.378 e. The summed E-state index contributed by atoms with van der Waals surface area (Å²) in [4.78, 5) is 12.5. The van der Waals surface area contributed by atoms with Gasteiger partial charge in [-0.15, -0.1) is 0 Å². The Kier molecular flexibility index (Phi) is 8.86. The zero-order valence-electron chi connectivity index (χ0n) is 12.2. The van der Waals surface area contributed by atoms with Crippen molar-refractivity contribution in [1.82, 2.24) is 10.2 Å². The van der Waals surface area contributed by atoms with Crippen molar-refractivity contribution >= 4 is 5.91 Å². The smallest absolute Gasteiger partial charge is 0.220 e. The highest BCUT2D eigenvalue weighted by molar-refractivity contribution is 5.73. The number of amides is 1. The number of carbonyl (C=O) groups is 1. The van der Waals surface area contributed by atoms with Crippen molar-refractivity contribution in [3.8, 4) is 59.3 Å². The van der Waals surface area contributed by atoms with E-state index in [0.717, 1.165) is 13.1 Å². The molecule has 1 saturated heterocycles. The van der Waals surface area contributed by atoms with Gasteiger partial charge in [0.15, 0.2) is 0 Å². The normalized spacial score (nSPS) is 11.8. The van der Waals surface area contributed by atoms with Gasteiger partial charge in [-0.3, -0.25) is 4.79 Å². The first-order valence-electron chi connectivity index (χ1n) is 6.55. The molecule has 0 saturated carbocycles. The van der Waals surface area contributed by atoms with Gasteiger partial charge < -0.3 is 15.0 Å². The van der Waals surface area contributed by atoms with Gasteiger partial charge >= 0.3 is 0 Å². The van der Waals surface area contributed by atoms with Gasteiger partial charge in [0.1, 0.15) is 0 Å². The summed E-state index contributed by atoms with van der Waals surface area (Å²) < 4.78 is 5.21. The van der Waals surface area contributed by atoms with Crippen molar-refractivity contribution in [1.29, 1.82) is 0 Å². The highest BCUT2D eigenvalue weighted by atomic mass is 16.5. The summed E-state index contributed by atoms with van der Waals surface area (Å²) in [6, 6.07) is 2.93. The fourth-order valence-corrected chi connectivity index (χ4v) is 1.25. The molecule has 1 amide bonds. The average Bonchev–Trinajstić information content (AvgIpc) is 2.52. The SMILES string of the molecule is CC(=O)NC=CC#CC#CC#CC#CC#CN1CCOCC1. The van der Waals surface area contributed by atoms with Gasteiger partial charge in [0.25, 0.3) is 0 Å². The lowest BCUT2D eigenvalue weighted by Crippen LogP contribution is -2.32. The Bertz CT molecular complexity index is 717. The summed E-state index contributed by atoms with van der Waals surface area (Å²) in [6.07, 6.45) is 2.94. The van der Waals surface area contributed by atoms with Crippen molar-refractivity contribution in [2.45, 2.75) is 6.92 Å². The van der Waals surface area contributed by atoms with Crippen molar-refractivity contribution in [3.63, 3.8) is 0 Å². The molecule has 1 rings (SSSR count). The maximum atomic E-state index is 10.5. The van der Waals surface area contributed by atoms with Crippen LogP contribution < -0.4 is 5.32 Å². The number of rotatable bonds is 1. The highest BCUT2D eigenvalue weighted by Crippen LogP contribution is 1.92. The predicted molar refractivity (Wildman–Crippen MR) is 84.2 cm³/mol. The second kappa shape index (κ2) is 11.6. The van der Waals surface area contributed by atoms with E-state index < -0.39 is 0 Å². The van der Waals surface area contributed by atoms with Gasteiger partial charge in [0.05, 0.1) is 13.2 Å². The second-order valence-corrected chi connectivity index (χ2v) is 3.89. The molecule has 0 atom stereocenters. The molecule has 0 unspecified atom stereocenters. The molecule has 22 heavy (non-hydrogen) atoms. The van der Waals surface area contributed by atoms with Gasteiger partial charge in [-0.05, 0) is 23.7 Å². The van der Waals surface area contributed by atoms with Gasteiger partial charge in [0, 0.05) is 62.0 Å². The van der Waals surface area contributed by atoms with Crippen molar-refractivity contribution in [3.05, 3.63) is 12.3 Å². The minimum Gasteiger partial charge on any atom is -0.378 e. The van der Waals surface area contributed by atoms with Crippen LogP contribution >= 0.6 is 0 Å². The van der Waals surface area contributed by atoms with E-state index in [-0.39, 0.29) is 5.91 Å². The summed E-state index contributed by atoms with van der Waals surface area (Å²) in [6.45, 7) is 4.44. The number of morpholine rings is 1. The van der Waals surface area contributed by atoms with Crippen LogP contribution in [-0.4, -0.2) is 37.1 Å². The Morgan fingerprint density at radius 1 is 1.00 bits per heavy atom. The summed E-state index contributed by atoms with van der Waals surface area (Å²) in [5.41, 5.74) is 0. The molecule has 108 valence electrons. The molecule has 0 aromatic heterocycles. The van der Waals surface area contributed by atoms with E-state index in [4.69, 9.17) is 4.74 Å². The number of nitrogens with one attached hydrogen (secondary N) is 1. The van der Waals surface area contributed by atoms with Gasteiger partial charge in [0.2, 0.25) is 5.91 Å². The second-order valence-electron chi connectivity index (χ2n) is 3.89. The third kappa shape index (κ3) is 9.67. The number of allylic oxidation sites excluding steroid dienone is 1. The van der Waals surface area contributed by atoms with Gasteiger partial charge in [-0.1, -0.05) is 5.92 Å². The monoisotopic (exact) mass is 290 g/mol. The van der Waals surface area contributed by atoms with Crippen molar-refractivity contribution in [2.24, 2.45) is 0 Å². The molecule has 1 aliphatic rings. The average molecular weight is 290 g/mol. The zero-order chi connectivity index (χ0) is 15.9. The molecule has 0 aromatic carbocycles. The summed E-state index contributed by atoms with van der Waals surface area (Å²) in [7, 11) is 0. The van der Waals surface area contributed by atoms with E-state index in [0.29, 0.717) is 13.2 Å². The van der Waals surface area contributed by atoms with Crippen molar-refractivity contribution < 1.29 is 9.53 Å². The number of ether oxygens (including phenoxy) is 1. The van der Waals surface area contributed by atoms with E-state index in [1.165, 1.54) is 19.2 Å². The fraction of sp³-hybridized carbons (Fsp3) is 0.278. The van der Waals surface area contributed by atoms with Gasteiger partial charge in [-0.2, -0.15) is 0 Å². The standard InChI is InChI=1S/C18H14N2O2/c1-18(21)19-12-10-8-6-4-2-3-5-7-9-11-13-20-14-16-22-17-15-20/h10,12H,14-17H2,1H3,(H,19,21). The van der Waals surface area contributed by atoms with Crippen LogP contribution in [0, 0.1) is 59.3 Å². The lowest BCUT2D eigenvalue weighted by atomic mass is 10.4. The minimum absolute atomic E-state index is 0.148. The lowest BCUT2D eigenvalue weighted by molar-refractivity contribution is -0.118. The van der Waals surface area contributed by atoms with Crippen LogP contribution in [0.1, 0.15) is 6.92 Å². The topological polar surface area (TPSA) is 41.6 Å². The Hall–Kier alpha value is -3.23. The van der Waals surface area contributed by atoms with Crippen LogP contribution in [0.4, 0.5) is 0 Å². The number of nitrogens with zero attached hydrogens (tertiary/aromatic N) is 1. The maximum absolute atomic E-state index is 10.5. The molecule has 0 aliphatic carbocycles. The lowest BCUT2D eigenvalue weighted by Gasteiger charge is -2.22. The Morgan fingerprint density at radius 3 is 2.23 bits per heavy atom. The van der Waals surface area contributed by atoms with E-state index in [1.807, 2.05) is 4.90 Å². The Labute approximate surface area is 131 Å². The molecular weight excluding hydrogens is 276 g/mol. The Balaban J connectivity index is 2.31. The number of carbonyl (C=O) groups excluding carboxylic acids is 1. The molecule has 1 N–H and O–H groups in total. The quantitative estimate of drug-likeness (QED) is 0.688. The molecule has 0 aromatic rings. The van der Waals surface area contributed by atoms with Crippen LogP contribution in [0.2, 0.25) is 0 Å². The van der Waals surface area contributed by atoms with Gasteiger partial charge in [-0.25, -0.2) is 0 Å². The molecule has 0 bridgehead atoms. The Morgan fingerprint density at radius 2 is 1.59 bits per heavy atom. The third-order valence-electron chi connectivity index (χ3n) is 2.19. The molecule has 4 nitrogen and oxygen atoms in total. The third-order valence-corrected chi connectivity index (χ3v) is 2.19. The molecule has 0 radical (unpaired) electrons. The first-order chi connectivity index (χ1) is 10.8. The van der Waals surface area contributed by atoms with E-state index in [2.05, 4.69) is 64.6 Å². The summed E-state index contributed by atoms with van der Waals surface area (Å²) in [5.74, 6) is 23.2. The number of hydrogen-bond acceptors (Lipinski definition) is 3. The molecule has 4 heteroatoms. The first kappa shape index (κ1) is 16.8. The maximum Gasteiger partial charge on any atom is 0.220 e. The fourth-order valence-electron chi connectivity index (χ4n) is 1.25.